The molecule has 2 aliphatic carbocycles. The first-order valence-electron chi connectivity index (χ1n) is 10.7. The molecule has 2 saturated carbocycles. The van der Waals surface area contributed by atoms with Gasteiger partial charge in [-0.1, -0.05) is 45.4 Å². The summed E-state index contributed by atoms with van der Waals surface area (Å²) in [4.78, 5) is 27.7. The van der Waals surface area contributed by atoms with Gasteiger partial charge in [-0.15, -0.1) is 0 Å². The fourth-order valence-electron chi connectivity index (χ4n) is 4.85. The number of ether oxygens (including phenoxy) is 1. The molecular weight excluding hydrogens is 328 g/mol. The number of hydrogen-bond donors (Lipinski definition) is 1. The average molecular weight is 365 g/mol. The van der Waals surface area contributed by atoms with Crippen LogP contribution in [-0.2, 0) is 14.3 Å². The molecule has 148 valence electrons. The van der Waals surface area contributed by atoms with E-state index >= 15 is 0 Å². The third kappa shape index (κ3) is 4.99. The Hall–Kier alpha value is -1.10. The van der Waals surface area contributed by atoms with E-state index < -0.39 is 0 Å². The predicted molar refractivity (Wildman–Crippen MR) is 102 cm³/mol. The summed E-state index contributed by atoms with van der Waals surface area (Å²) >= 11 is 0. The lowest BCUT2D eigenvalue weighted by atomic mass is 9.81. The molecule has 0 aromatic heterocycles. The molecule has 5 nitrogen and oxygen atoms in total. The van der Waals surface area contributed by atoms with E-state index in [0.29, 0.717) is 44.6 Å². The summed E-state index contributed by atoms with van der Waals surface area (Å²) in [5, 5.41) is 3.29. The maximum atomic E-state index is 13.0. The molecule has 1 saturated heterocycles. The van der Waals surface area contributed by atoms with Gasteiger partial charge in [0.05, 0.1) is 13.2 Å². The van der Waals surface area contributed by atoms with Crippen molar-refractivity contribution in [2.45, 2.75) is 77.2 Å². The van der Waals surface area contributed by atoms with Gasteiger partial charge in [0.1, 0.15) is 0 Å². The smallest absolute Gasteiger partial charge is 0.224 e. The summed E-state index contributed by atoms with van der Waals surface area (Å²) in [5.74, 6) is 1.25. The van der Waals surface area contributed by atoms with Crippen molar-refractivity contribution in [3.05, 3.63) is 0 Å². The van der Waals surface area contributed by atoms with Crippen molar-refractivity contribution in [2.24, 2.45) is 17.8 Å². The normalized spacial score (nSPS) is 30.7. The SMILES string of the molecule is CC[C@@H]1C[C@]1(C)NC(=O)[C@@H](CC(=O)N1CCOCC1)CC1CCCCC1. The molecule has 3 atom stereocenters. The molecule has 1 N–H and O–H groups in total. The Morgan fingerprint density at radius 2 is 1.88 bits per heavy atom. The fraction of sp³-hybridized carbons (Fsp3) is 0.905. The number of nitrogens with one attached hydrogen (secondary N) is 1. The summed E-state index contributed by atoms with van der Waals surface area (Å²) in [6.07, 6.45) is 9.69. The molecule has 0 radical (unpaired) electrons. The molecule has 5 heteroatoms. The van der Waals surface area contributed by atoms with Crippen LogP contribution in [0.1, 0.15) is 71.6 Å². The number of amides is 2. The third-order valence-electron chi connectivity index (χ3n) is 6.81. The number of hydrogen-bond acceptors (Lipinski definition) is 3. The first-order chi connectivity index (χ1) is 12.5. The van der Waals surface area contributed by atoms with Crippen LogP contribution in [0.2, 0.25) is 0 Å². The number of nitrogens with zero attached hydrogens (tertiary/aromatic N) is 1. The van der Waals surface area contributed by atoms with E-state index in [1.165, 1.54) is 32.1 Å². The van der Waals surface area contributed by atoms with Crippen molar-refractivity contribution in [1.82, 2.24) is 10.2 Å². The van der Waals surface area contributed by atoms with E-state index in [4.69, 9.17) is 4.74 Å². The summed E-state index contributed by atoms with van der Waals surface area (Å²) in [6, 6.07) is 0. The number of carbonyl (C=O) groups excluding carboxylic acids is 2. The lowest BCUT2D eigenvalue weighted by Gasteiger charge is -2.30. The van der Waals surface area contributed by atoms with Gasteiger partial charge in [-0.2, -0.15) is 0 Å². The summed E-state index contributed by atoms with van der Waals surface area (Å²) in [7, 11) is 0. The zero-order valence-electron chi connectivity index (χ0n) is 16.6. The highest BCUT2D eigenvalue weighted by atomic mass is 16.5. The van der Waals surface area contributed by atoms with Gasteiger partial charge in [-0.05, 0) is 31.6 Å². The van der Waals surface area contributed by atoms with E-state index in [1.807, 2.05) is 4.90 Å². The number of carbonyl (C=O) groups is 2. The quantitative estimate of drug-likeness (QED) is 0.755. The van der Waals surface area contributed by atoms with Crippen LogP contribution in [0.15, 0.2) is 0 Å². The minimum atomic E-state index is -0.177. The maximum absolute atomic E-state index is 13.0. The Morgan fingerprint density at radius 1 is 1.19 bits per heavy atom. The first kappa shape index (κ1) is 19.7. The van der Waals surface area contributed by atoms with Gasteiger partial charge in [0.25, 0.3) is 0 Å². The zero-order valence-corrected chi connectivity index (χ0v) is 16.6. The average Bonchev–Trinajstić information content (AvgIpc) is 3.32. The van der Waals surface area contributed by atoms with Gasteiger partial charge >= 0.3 is 0 Å². The molecule has 0 aromatic rings. The second-order valence-electron chi connectivity index (χ2n) is 8.85. The largest absolute Gasteiger partial charge is 0.378 e. The second-order valence-corrected chi connectivity index (χ2v) is 8.85. The fourth-order valence-corrected chi connectivity index (χ4v) is 4.85. The van der Waals surface area contributed by atoms with Crippen molar-refractivity contribution in [3.63, 3.8) is 0 Å². The Morgan fingerprint density at radius 3 is 2.50 bits per heavy atom. The Labute approximate surface area is 158 Å². The van der Waals surface area contributed by atoms with Crippen LogP contribution >= 0.6 is 0 Å². The monoisotopic (exact) mass is 364 g/mol. The molecule has 0 spiro atoms. The lowest BCUT2D eigenvalue weighted by molar-refractivity contribution is -0.140. The molecule has 3 rings (SSSR count). The zero-order chi connectivity index (χ0) is 18.6. The number of rotatable bonds is 7. The van der Waals surface area contributed by atoms with Gasteiger partial charge in [-0.3, -0.25) is 9.59 Å². The molecule has 0 unspecified atom stereocenters. The molecule has 0 bridgehead atoms. The van der Waals surface area contributed by atoms with Crippen molar-refractivity contribution < 1.29 is 14.3 Å². The lowest BCUT2D eigenvalue weighted by Crippen LogP contribution is -2.45. The minimum Gasteiger partial charge on any atom is -0.378 e. The van der Waals surface area contributed by atoms with Crippen LogP contribution in [0, 0.1) is 17.8 Å². The van der Waals surface area contributed by atoms with E-state index in [2.05, 4.69) is 19.2 Å². The predicted octanol–water partition coefficient (Wildman–Crippen LogP) is 3.13. The Balaban J connectivity index is 1.60. The number of morpholine rings is 1. The topological polar surface area (TPSA) is 58.6 Å². The molecule has 3 fully saturated rings. The van der Waals surface area contributed by atoms with Crippen molar-refractivity contribution in [1.29, 1.82) is 0 Å². The molecule has 2 amide bonds. The summed E-state index contributed by atoms with van der Waals surface area (Å²) in [6.45, 7) is 6.88. The molecule has 26 heavy (non-hydrogen) atoms. The molecule has 1 aliphatic heterocycles. The highest BCUT2D eigenvalue weighted by Gasteiger charge is 2.50. The van der Waals surface area contributed by atoms with Crippen LogP contribution in [0.5, 0.6) is 0 Å². The Bertz CT molecular complexity index is 497. The van der Waals surface area contributed by atoms with Crippen LogP contribution in [0.3, 0.4) is 0 Å². The first-order valence-corrected chi connectivity index (χ1v) is 10.7. The van der Waals surface area contributed by atoms with Gasteiger partial charge in [0.2, 0.25) is 11.8 Å². The standard InChI is InChI=1S/C21H36N2O3/c1-3-18-15-21(18,2)22-20(25)17(13-16-7-5-4-6-8-16)14-19(24)23-9-11-26-12-10-23/h16-18H,3-15H2,1-2H3,(H,22,25)/t17-,18-,21+/m1/s1. The van der Waals surface area contributed by atoms with Crippen molar-refractivity contribution in [3.8, 4) is 0 Å². The van der Waals surface area contributed by atoms with Gasteiger partial charge in [0, 0.05) is 31.0 Å². The van der Waals surface area contributed by atoms with Gasteiger partial charge in [0.15, 0.2) is 0 Å². The van der Waals surface area contributed by atoms with E-state index in [-0.39, 0.29) is 23.3 Å². The molecule has 0 aromatic carbocycles. The maximum Gasteiger partial charge on any atom is 0.224 e. The van der Waals surface area contributed by atoms with Crippen LogP contribution in [0.4, 0.5) is 0 Å². The van der Waals surface area contributed by atoms with Crippen molar-refractivity contribution >= 4 is 11.8 Å². The third-order valence-corrected chi connectivity index (χ3v) is 6.81. The van der Waals surface area contributed by atoms with Crippen LogP contribution < -0.4 is 5.32 Å². The van der Waals surface area contributed by atoms with Crippen LogP contribution in [0.25, 0.3) is 0 Å². The van der Waals surface area contributed by atoms with E-state index in [9.17, 15) is 9.59 Å². The minimum absolute atomic E-state index is 0.0430. The molecular formula is C21H36N2O3. The van der Waals surface area contributed by atoms with Crippen molar-refractivity contribution in [2.75, 3.05) is 26.3 Å². The summed E-state index contributed by atoms with van der Waals surface area (Å²) in [5.41, 5.74) is -0.0430. The Kier molecular flexibility index (Phi) is 6.60. The highest BCUT2D eigenvalue weighted by Crippen LogP contribution is 2.45. The van der Waals surface area contributed by atoms with Gasteiger partial charge < -0.3 is 15.0 Å². The molecule has 1 heterocycles. The summed E-state index contributed by atoms with van der Waals surface area (Å²) < 4.78 is 5.35. The molecule has 3 aliphatic rings. The second kappa shape index (κ2) is 8.73. The highest BCUT2D eigenvalue weighted by molar-refractivity contribution is 5.86. The van der Waals surface area contributed by atoms with E-state index in [0.717, 1.165) is 19.3 Å². The van der Waals surface area contributed by atoms with Crippen LogP contribution in [-0.4, -0.2) is 48.6 Å². The van der Waals surface area contributed by atoms with E-state index in [1.54, 1.807) is 0 Å². The van der Waals surface area contributed by atoms with Gasteiger partial charge in [-0.25, -0.2) is 0 Å².